The molecule has 2 aliphatic heterocycles. The first-order valence-electron chi connectivity index (χ1n) is 14.5. The number of ether oxygens (including phenoxy) is 1. The van der Waals surface area contributed by atoms with Gasteiger partial charge >= 0.3 is 0 Å². The zero-order chi connectivity index (χ0) is 31.3. The van der Waals surface area contributed by atoms with Crippen molar-refractivity contribution in [3.8, 4) is 0 Å². The molecule has 13 heteroatoms. The Kier molecular flexibility index (Phi) is 8.21. The molecule has 10 nitrogen and oxygen atoms in total. The molecule has 230 valence electrons. The molecule has 5 unspecified atom stereocenters. The predicted molar refractivity (Wildman–Crippen MR) is 169 cm³/mol. The van der Waals surface area contributed by atoms with Gasteiger partial charge in [-0.15, -0.1) is 5.10 Å². The van der Waals surface area contributed by atoms with Crippen molar-refractivity contribution in [3.63, 3.8) is 0 Å². The summed E-state index contributed by atoms with van der Waals surface area (Å²) in [6, 6.07) is 10.2. The third-order valence-electron chi connectivity index (χ3n) is 8.70. The lowest BCUT2D eigenvalue weighted by Crippen LogP contribution is -2.41. The number of amides is 3. The first-order chi connectivity index (χ1) is 21.0. The highest BCUT2D eigenvalue weighted by molar-refractivity contribution is 6.43. The second-order valence-corrected chi connectivity index (χ2v) is 12.8. The molecule has 6 rings (SSSR count). The maximum atomic E-state index is 13.7. The molecule has 2 fully saturated rings. The molecule has 1 saturated heterocycles. The number of likely N-dealkylation sites (N-methyl/N-ethyl adjacent to an activating group) is 1. The lowest BCUT2D eigenvalue weighted by atomic mass is 9.73. The molecule has 3 heterocycles. The highest BCUT2D eigenvalue weighted by atomic mass is 35.5. The summed E-state index contributed by atoms with van der Waals surface area (Å²) in [4.78, 5) is 42.5. The fourth-order valence-corrected chi connectivity index (χ4v) is 7.34. The van der Waals surface area contributed by atoms with Gasteiger partial charge in [0, 0.05) is 35.2 Å². The molecule has 1 N–H and O–H groups in total. The molecule has 2 aromatic carbocycles. The molecule has 1 spiro atoms. The second-order valence-electron chi connectivity index (χ2n) is 11.6. The number of carbonyl (C=O) groups excluding carboxylic acids is 3. The number of benzene rings is 2. The van der Waals surface area contributed by atoms with E-state index in [-0.39, 0.29) is 33.0 Å². The number of aromatic nitrogens is 2. The van der Waals surface area contributed by atoms with E-state index in [1.807, 2.05) is 6.92 Å². The number of nitrogens with one attached hydrogen (secondary N) is 1. The number of rotatable bonds is 6. The molecule has 0 bridgehead atoms. The van der Waals surface area contributed by atoms with Gasteiger partial charge in [-0.05, 0) is 74.4 Å². The number of carbonyl (C=O) groups is 3. The van der Waals surface area contributed by atoms with E-state index >= 15 is 0 Å². The molecule has 3 aromatic rings. The molecule has 44 heavy (non-hydrogen) atoms. The fraction of sp³-hybridized carbons (Fsp3) is 0.387. The van der Waals surface area contributed by atoms with Crippen LogP contribution in [0.5, 0.6) is 0 Å². The number of amidine groups is 1. The fourth-order valence-electron chi connectivity index (χ4n) is 6.37. The van der Waals surface area contributed by atoms with Crippen LogP contribution in [0.3, 0.4) is 0 Å². The van der Waals surface area contributed by atoms with Crippen molar-refractivity contribution in [1.29, 1.82) is 0 Å². The lowest BCUT2D eigenvalue weighted by molar-refractivity contribution is -0.120. The van der Waals surface area contributed by atoms with Gasteiger partial charge in [-0.2, -0.15) is 10.1 Å². The van der Waals surface area contributed by atoms with Gasteiger partial charge in [0.25, 0.3) is 17.7 Å². The van der Waals surface area contributed by atoms with Gasteiger partial charge in [0.05, 0.1) is 10.0 Å². The van der Waals surface area contributed by atoms with Crippen molar-refractivity contribution in [3.05, 3.63) is 75.5 Å². The van der Waals surface area contributed by atoms with Gasteiger partial charge in [-0.25, -0.2) is 0 Å². The van der Waals surface area contributed by atoms with Gasteiger partial charge in [-0.1, -0.05) is 54.7 Å². The van der Waals surface area contributed by atoms with Crippen LogP contribution in [0.1, 0.15) is 56.4 Å². The van der Waals surface area contributed by atoms with Crippen molar-refractivity contribution >= 4 is 69.7 Å². The van der Waals surface area contributed by atoms with Gasteiger partial charge in [0.15, 0.2) is 18.0 Å². The zero-order valence-corrected chi connectivity index (χ0v) is 26.6. The maximum absolute atomic E-state index is 13.7. The number of anilines is 2. The number of hydrazone groups is 1. The van der Waals surface area contributed by atoms with Crippen molar-refractivity contribution in [1.82, 2.24) is 15.1 Å². The third kappa shape index (κ3) is 5.38. The Bertz CT molecular complexity index is 1640. The van der Waals surface area contributed by atoms with Crippen LogP contribution in [0.25, 0.3) is 0 Å². The number of nitrogens with zero attached hydrogens (tertiary/aromatic N) is 5. The van der Waals surface area contributed by atoms with Gasteiger partial charge in [0.2, 0.25) is 0 Å². The van der Waals surface area contributed by atoms with E-state index in [2.05, 4.69) is 29.4 Å². The maximum Gasteiger partial charge on any atom is 0.280 e. The summed E-state index contributed by atoms with van der Waals surface area (Å²) in [5, 5.41) is 12.9. The SMILES string of the molecule is CCN(C(=O)C1OC12CCC(C)CC2C)c1cccc(C(=O)NC2=NN(c3c(Cl)cc(Cl)cc3Cl)C(=O)C2n2cccn2)c1. The molecule has 0 radical (unpaired) electrons. The van der Waals surface area contributed by atoms with E-state index in [1.54, 1.807) is 41.4 Å². The zero-order valence-electron chi connectivity index (χ0n) is 24.3. The topological polar surface area (TPSA) is 112 Å². The summed E-state index contributed by atoms with van der Waals surface area (Å²) < 4.78 is 7.49. The molecule has 1 saturated carbocycles. The summed E-state index contributed by atoms with van der Waals surface area (Å²) in [5.41, 5.74) is 0.574. The standard InChI is InChI=1S/C31H31Cl3N6O4/c1-4-38(30(43)26-31(44-26)10-9-17(2)13-18(31)3)21-8-5-7-19(14-21)28(41)36-27-25(39-12-6-11-35-39)29(42)40(37-27)24-22(33)15-20(32)16-23(24)34/h5-8,11-12,14-18,25-26H,4,9-10,13H2,1-3H3,(H,36,37,41). The smallest absolute Gasteiger partial charge is 0.280 e. The summed E-state index contributed by atoms with van der Waals surface area (Å²) >= 11 is 18.9. The van der Waals surface area contributed by atoms with Gasteiger partial charge in [-0.3, -0.25) is 19.1 Å². The van der Waals surface area contributed by atoms with E-state index in [0.717, 1.165) is 24.3 Å². The normalized spacial score (nSPS) is 26.1. The van der Waals surface area contributed by atoms with Crippen LogP contribution < -0.4 is 15.2 Å². The number of epoxide rings is 1. The van der Waals surface area contributed by atoms with Crippen LogP contribution in [0.2, 0.25) is 15.1 Å². The minimum atomic E-state index is -1.09. The number of hydrogen-bond acceptors (Lipinski definition) is 6. The third-order valence-corrected chi connectivity index (χ3v) is 9.50. The Morgan fingerprint density at radius 2 is 1.89 bits per heavy atom. The molecule has 3 aliphatic rings. The van der Waals surface area contributed by atoms with Crippen molar-refractivity contribution in [2.24, 2.45) is 16.9 Å². The molecule has 1 aromatic heterocycles. The quantitative estimate of drug-likeness (QED) is 0.321. The summed E-state index contributed by atoms with van der Waals surface area (Å²) in [7, 11) is 0. The van der Waals surface area contributed by atoms with Crippen LogP contribution in [0.15, 0.2) is 60.0 Å². The highest BCUT2D eigenvalue weighted by Crippen LogP contribution is 2.53. The highest BCUT2D eigenvalue weighted by Gasteiger charge is 2.65. The summed E-state index contributed by atoms with van der Waals surface area (Å²) in [6.07, 6.45) is 5.55. The molecule has 1 aliphatic carbocycles. The Labute approximate surface area is 269 Å². The summed E-state index contributed by atoms with van der Waals surface area (Å²) in [5.74, 6) is -0.227. The van der Waals surface area contributed by atoms with Crippen molar-refractivity contribution in [2.45, 2.75) is 57.8 Å². The predicted octanol–water partition coefficient (Wildman–Crippen LogP) is 6.12. The van der Waals surface area contributed by atoms with E-state index in [4.69, 9.17) is 39.5 Å². The molecule has 5 atom stereocenters. The monoisotopic (exact) mass is 656 g/mol. The van der Waals surface area contributed by atoms with Crippen LogP contribution in [0, 0.1) is 11.8 Å². The van der Waals surface area contributed by atoms with Crippen molar-refractivity contribution in [2.75, 3.05) is 16.5 Å². The summed E-state index contributed by atoms with van der Waals surface area (Å²) in [6.45, 7) is 6.69. The average Bonchev–Trinajstić information content (AvgIpc) is 3.28. The minimum absolute atomic E-state index is 0.0217. The van der Waals surface area contributed by atoms with E-state index in [0.29, 0.717) is 29.1 Å². The van der Waals surface area contributed by atoms with Crippen LogP contribution >= 0.6 is 34.8 Å². The second kappa shape index (κ2) is 11.8. The lowest BCUT2D eigenvalue weighted by Gasteiger charge is -2.31. The number of halogens is 3. The van der Waals surface area contributed by atoms with E-state index in [1.165, 1.54) is 23.0 Å². The van der Waals surface area contributed by atoms with E-state index in [9.17, 15) is 14.4 Å². The van der Waals surface area contributed by atoms with E-state index < -0.39 is 29.6 Å². The van der Waals surface area contributed by atoms with Crippen LogP contribution in [-0.4, -0.2) is 51.6 Å². The Balaban J connectivity index is 1.25. The minimum Gasteiger partial charge on any atom is -0.355 e. The van der Waals surface area contributed by atoms with Gasteiger partial charge < -0.3 is 15.0 Å². The first kappa shape index (κ1) is 30.6. The Morgan fingerprint density at radius 3 is 2.55 bits per heavy atom. The first-order valence-corrected chi connectivity index (χ1v) is 15.6. The largest absolute Gasteiger partial charge is 0.355 e. The molecule has 3 amide bonds. The van der Waals surface area contributed by atoms with Crippen LogP contribution in [0.4, 0.5) is 11.4 Å². The Hall–Kier alpha value is -3.44. The van der Waals surface area contributed by atoms with Gasteiger partial charge in [0.1, 0.15) is 11.3 Å². The molecular weight excluding hydrogens is 627 g/mol. The molecular formula is C31H31Cl3N6O4. The van der Waals surface area contributed by atoms with Crippen LogP contribution in [-0.2, 0) is 14.3 Å². The average molecular weight is 658 g/mol. The van der Waals surface area contributed by atoms with Crippen molar-refractivity contribution < 1.29 is 19.1 Å². The number of hydrogen-bond donors (Lipinski definition) is 1. The Morgan fingerprint density at radius 1 is 1.14 bits per heavy atom.